The van der Waals surface area contributed by atoms with Gasteiger partial charge in [0, 0.05) is 38.3 Å². The molecule has 1 amide bonds. The van der Waals surface area contributed by atoms with Crippen LogP contribution in [0.3, 0.4) is 0 Å². The van der Waals surface area contributed by atoms with E-state index in [1.807, 2.05) is 34.7 Å². The maximum absolute atomic E-state index is 12.9. The van der Waals surface area contributed by atoms with Crippen molar-refractivity contribution >= 4 is 16.9 Å². The van der Waals surface area contributed by atoms with Gasteiger partial charge in [-0.15, -0.1) is 0 Å². The second kappa shape index (κ2) is 5.72. The Labute approximate surface area is 131 Å². The summed E-state index contributed by atoms with van der Waals surface area (Å²) in [6.07, 6.45) is 1.78. The van der Waals surface area contributed by atoms with Gasteiger partial charge >= 0.3 is 0 Å². The van der Waals surface area contributed by atoms with E-state index in [-0.39, 0.29) is 11.9 Å². The molecule has 1 fully saturated rings. The lowest BCUT2D eigenvalue weighted by atomic mass is 9.98. The number of likely N-dealkylation sites (N-methyl/N-ethyl adjacent to an activating group) is 1. The lowest BCUT2D eigenvalue weighted by Gasteiger charge is -2.42. The third-order valence-corrected chi connectivity index (χ3v) is 4.62. The number of piperazine rings is 1. The Hall–Kier alpha value is -1.88. The van der Waals surface area contributed by atoms with Crippen molar-refractivity contribution in [2.75, 3.05) is 26.7 Å². The zero-order valence-electron chi connectivity index (χ0n) is 13.8. The van der Waals surface area contributed by atoms with Crippen LogP contribution in [0.5, 0.6) is 0 Å². The van der Waals surface area contributed by atoms with E-state index in [1.54, 1.807) is 6.33 Å². The number of aryl methyl sites for hydroxylation is 1. The average Bonchev–Trinajstić information content (AvgIpc) is 2.87. The van der Waals surface area contributed by atoms with Crippen LogP contribution in [0.1, 0.15) is 24.2 Å². The number of imidazole rings is 1. The Morgan fingerprint density at radius 2 is 2.05 bits per heavy atom. The molecule has 118 valence electrons. The molecule has 0 aliphatic carbocycles. The summed E-state index contributed by atoms with van der Waals surface area (Å²) in [6.45, 7) is 7.03. The van der Waals surface area contributed by atoms with Crippen LogP contribution in [0, 0.1) is 5.92 Å². The van der Waals surface area contributed by atoms with Gasteiger partial charge in [-0.2, -0.15) is 0 Å². The van der Waals surface area contributed by atoms with Crippen LogP contribution < -0.4 is 0 Å². The molecule has 1 aliphatic heterocycles. The minimum Gasteiger partial charge on any atom is -0.334 e. The van der Waals surface area contributed by atoms with Gasteiger partial charge < -0.3 is 14.4 Å². The number of fused-ring (bicyclic) bond motifs is 1. The second-order valence-corrected chi connectivity index (χ2v) is 6.63. The Bertz CT molecular complexity index is 691. The van der Waals surface area contributed by atoms with E-state index >= 15 is 0 Å². The van der Waals surface area contributed by atoms with Crippen molar-refractivity contribution in [2.45, 2.75) is 19.9 Å². The van der Waals surface area contributed by atoms with Crippen LogP contribution >= 0.6 is 0 Å². The quantitative estimate of drug-likeness (QED) is 0.851. The fraction of sp³-hybridized carbons (Fsp3) is 0.529. The van der Waals surface area contributed by atoms with Gasteiger partial charge in [-0.1, -0.05) is 13.8 Å². The molecular weight excluding hydrogens is 276 g/mol. The Morgan fingerprint density at radius 3 is 2.77 bits per heavy atom. The van der Waals surface area contributed by atoms with Crippen LogP contribution in [0.15, 0.2) is 24.5 Å². The number of carbonyl (C=O) groups excluding carboxylic acids is 1. The molecule has 5 heteroatoms. The lowest BCUT2D eigenvalue weighted by Crippen LogP contribution is -2.56. The van der Waals surface area contributed by atoms with Crippen molar-refractivity contribution in [3.63, 3.8) is 0 Å². The molecule has 0 radical (unpaired) electrons. The highest BCUT2D eigenvalue weighted by atomic mass is 16.2. The second-order valence-electron chi connectivity index (χ2n) is 6.63. The third-order valence-electron chi connectivity index (χ3n) is 4.62. The number of carbonyl (C=O) groups is 1. The minimum absolute atomic E-state index is 0.124. The van der Waals surface area contributed by atoms with E-state index in [1.165, 1.54) is 0 Å². The summed E-state index contributed by atoms with van der Waals surface area (Å²) in [4.78, 5) is 21.6. The van der Waals surface area contributed by atoms with Crippen LogP contribution in [0.2, 0.25) is 0 Å². The van der Waals surface area contributed by atoms with Gasteiger partial charge in [0.05, 0.1) is 17.4 Å². The molecule has 5 nitrogen and oxygen atoms in total. The molecule has 22 heavy (non-hydrogen) atoms. The summed E-state index contributed by atoms with van der Waals surface area (Å²) in [5.41, 5.74) is 2.67. The predicted molar refractivity (Wildman–Crippen MR) is 87.9 cm³/mol. The molecule has 0 N–H and O–H groups in total. The first-order chi connectivity index (χ1) is 10.5. The largest absolute Gasteiger partial charge is 0.334 e. The van der Waals surface area contributed by atoms with E-state index in [9.17, 15) is 4.79 Å². The van der Waals surface area contributed by atoms with E-state index < -0.39 is 0 Å². The molecule has 2 heterocycles. The van der Waals surface area contributed by atoms with Crippen molar-refractivity contribution in [1.82, 2.24) is 19.4 Å². The fourth-order valence-electron chi connectivity index (χ4n) is 3.21. The molecule has 1 saturated heterocycles. The smallest absolute Gasteiger partial charge is 0.254 e. The highest BCUT2D eigenvalue weighted by molar-refractivity contribution is 5.97. The molecule has 1 aromatic heterocycles. The van der Waals surface area contributed by atoms with Crippen molar-refractivity contribution in [2.24, 2.45) is 13.0 Å². The first-order valence-corrected chi connectivity index (χ1v) is 7.88. The molecule has 0 spiro atoms. The maximum Gasteiger partial charge on any atom is 0.254 e. The van der Waals surface area contributed by atoms with Gasteiger partial charge in [-0.05, 0) is 31.2 Å². The van der Waals surface area contributed by atoms with E-state index in [0.717, 1.165) is 36.2 Å². The number of aromatic nitrogens is 2. The molecule has 1 unspecified atom stereocenters. The lowest BCUT2D eigenvalue weighted by molar-refractivity contribution is 0.0403. The average molecular weight is 300 g/mol. The van der Waals surface area contributed by atoms with Gasteiger partial charge in [0.1, 0.15) is 0 Å². The molecular formula is C17H24N4O. The van der Waals surface area contributed by atoms with Crippen LogP contribution in [-0.2, 0) is 7.05 Å². The fourth-order valence-corrected chi connectivity index (χ4v) is 3.21. The number of hydrogen-bond donors (Lipinski definition) is 0. The molecule has 1 aromatic carbocycles. The number of hydrogen-bond acceptors (Lipinski definition) is 3. The molecule has 2 aromatic rings. The van der Waals surface area contributed by atoms with E-state index in [0.29, 0.717) is 5.92 Å². The normalized spacial score (nSPS) is 20.0. The van der Waals surface area contributed by atoms with Crippen molar-refractivity contribution < 1.29 is 4.79 Å². The summed E-state index contributed by atoms with van der Waals surface area (Å²) >= 11 is 0. The number of nitrogens with zero attached hydrogens (tertiary/aromatic N) is 4. The van der Waals surface area contributed by atoms with Gasteiger partial charge in [-0.25, -0.2) is 4.98 Å². The summed E-state index contributed by atoms with van der Waals surface area (Å²) < 4.78 is 1.97. The summed E-state index contributed by atoms with van der Waals surface area (Å²) in [6, 6.07) is 6.08. The van der Waals surface area contributed by atoms with Crippen LogP contribution in [0.25, 0.3) is 11.0 Å². The number of rotatable bonds is 2. The first-order valence-electron chi connectivity index (χ1n) is 7.88. The monoisotopic (exact) mass is 300 g/mol. The van der Waals surface area contributed by atoms with E-state index in [4.69, 9.17) is 0 Å². The summed E-state index contributed by atoms with van der Waals surface area (Å²) in [7, 11) is 4.09. The Balaban J connectivity index is 1.90. The summed E-state index contributed by atoms with van der Waals surface area (Å²) in [5.74, 6) is 0.574. The first kappa shape index (κ1) is 15.0. The van der Waals surface area contributed by atoms with Gasteiger partial charge in [0.25, 0.3) is 5.91 Å². The standard InChI is InChI=1S/C17H24N4O/c1-12(2)16-10-19(3)7-8-21(16)17(22)13-5-6-15-14(9-13)18-11-20(15)4/h5-6,9,11-12,16H,7-8,10H2,1-4H3. The van der Waals surface area contributed by atoms with Gasteiger partial charge in [0.15, 0.2) is 0 Å². The highest BCUT2D eigenvalue weighted by Gasteiger charge is 2.31. The molecule has 0 saturated carbocycles. The topological polar surface area (TPSA) is 41.4 Å². The number of benzene rings is 1. The van der Waals surface area contributed by atoms with Crippen molar-refractivity contribution in [3.8, 4) is 0 Å². The Morgan fingerprint density at radius 1 is 1.27 bits per heavy atom. The zero-order valence-corrected chi connectivity index (χ0v) is 13.8. The minimum atomic E-state index is 0.124. The van der Waals surface area contributed by atoms with Crippen molar-refractivity contribution in [3.05, 3.63) is 30.1 Å². The number of amides is 1. The molecule has 1 aliphatic rings. The predicted octanol–water partition coefficient (Wildman–Crippen LogP) is 1.99. The molecule has 3 rings (SSSR count). The van der Waals surface area contributed by atoms with Crippen LogP contribution in [0.4, 0.5) is 0 Å². The zero-order chi connectivity index (χ0) is 15.9. The maximum atomic E-state index is 12.9. The van der Waals surface area contributed by atoms with Gasteiger partial charge in [-0.3, -0.25) is 4.79 Å². The third kappa shape index (κ3) is 2.61. The highest BCUT2D eigenvalue weighted by Crippen LogP contribution is 2.21. The van der Waals surface area contributed by atoms with Crippen molar-refractivity contribution in [1.29, 1.82) is 0 Å². The Kier molecular flexibility index (Phi) is 3.91. The molecule has 0 bridgehead atoms. The SMILES string of the molecule is CC(C)C1CN(C)CCN1C(=O)c1ccc2c(c1)ncn2C. The molecule has 1 atom stereocenters. The van der Waals surface area contributed by atoms with Crippen LogP contribution in [-0.4, -0.2) is 58.0 Å². The summed E-state index contributed by atoms with van der Waals surface area (Å²) in [5, 5.41) is 0. The van der Waals surface area contributed by atoms with Gasteiger partial charge in [0.2, 0.25) is 0 Å². The van der Waals surface area contributed by atoms with E-state index in [2.05, 4.69) is 30.8 Å².